The van der Waals surface area contributed by atoms with Gasteiger partial charge in [-0.2, -0.15) is 0 Å². The number of primary amides is 1. The largest absolute Gasteiger partial charge is 0.374 e. The highest BCUT2D eigenvalue weighted by Crippen LogP contribution is 2.13. The number of benzene rings is 1. The van der Waals surface area contributed by atoms with Crippen molar-refractivity contribution in [1.82, 2.24) is 4.90 Å². The van der Waals surface area contributed by atoms with Crippen molar-refractivity contribution in [2.75, 3.05) is 18.4 Å². The molecular weight excluding hydrogens is 266 g/mol. The van der Waals surface area contributed by atoms with Crippen LogP contribution in [0.2, 0.25) is 0 Å². The molecule has 1 atom stereocenters. The average Bonchev–Trinajstić information content (AvgIpc) is 2.47. The molecule has 0 spiro atoms. The van der Waals surface area contributed by atoms with Crippen LogP contribution in [0.4, 0.5) is 5.69 Å². The molecule has 5 heteroatoms. The van der Waals surface area contributed by atoms with Crippen LogP contribution in [0, 0.1) is 0 Å². The van der Waals surface area contributed by atoms with Gasteiger partial charge in [-0.15, -0.1) is 0 Å². The van der Waals surface area contributed by atoms with E-state index in [-0.39, 0.29) is 17.9 Å². The summed E-state index contributed by atoms with van der Waals surface area (Å²) in [6.45, 7) is 7.31. The molecule has 0 aromatic heterocycles. The van der Waals surface area contributed by atoms with Crippen molar-refractivity contribution in [1.29, 1.82) is 0 Å². The summed E-state index contributed by atoms with van der Waals surface area (Å²) in [5.74, 6) is -0.234. The van der Waals surface area contributed by atoms with Crippen LogP contribution in [-0.2, 0) is 16.0 Å². The molecule has 0 heterocycles. The second-order valence-corrected chi connectivity index (χ2v) is 4.95. The van der Waals surface area contributed by atoms with Crippen molar-refractivity contribution in [3.05, 3.63) is 29.8 Å². The Kier molecular flexibility index (Phi) is 6.72. The molecule has 0 aliphatic rings. The molecule has 1 rings (SSSR count). The standard InChI is InChI=1S/C16H25N3O2/c1-4-14(16(17)21)18-13-9-7-12(8-10-13)11-15(20)19(5-2)6-3/h7-10,14,18H,4-6,11H2,1-3H3,(H2,17,21). The number of likely N-dealkylation sites (N-methyl/N-ethyl adjacent to an activating group) is 1. The van der Waals surface area contributed by atoms with E-state index < -0.39 is 0 Å². The van der Waals surface area contributed by atoms with Crippen LogP contribution in [0.1, 0.15) is 32.8 Å². The lowest BCUT2D eigenvalue weighted by molar-refractivity contribution is -0.130. The number of amides is 2. The van der Waals surface area contributed by atoms with E-state index in [0.29, 0.717) is 12.8 Å². The van der Waals surface area contributed by atoms with Gasteiger partial charge in [0.2, 0.25) is 11.8 Å². The Hall–Kier alpha value is -2.04. The Labute approximate surface area is 126 Å². The van der Waals surface area contributed by atoms with E-state index in [2.05, 4.69) is 5.32 Å². The quantitative estimate of drug-likeness (QED) is 0.766. The smallest absolute Gasteiger partial charge is 0.239 e. The number of hydrogen-bond acceptors (Lipinski definition) is 3. The van der Waals surface area contributed by atoms with Crippen LogP contribution in [0.15, 0.2) is 24.3 Å². The van der Waals surface area contributed by atoms with Gasteiger partial charge >= 0.3 is 0 Å². The molecule has 0 bridgehead atoms. The highest BCUT2D eigenvalue weighted by molar-refractivity contribution is 5.83. The molecule has 21 heavy (non-hydrogen) atoms. The van der Waals surface area contributed by atoms with Gasteiger partial charge in [0.1, 0.15) is 6.04 Å². The first kappa shape index (κ1) is 17.0. The minimum absolute atomic E-state index is 0.129. The van der Waals surface area contributed by atoms with Gasteiger partial charge in [0.05, 0.1) is 6.42 Å². The Morgan fingerprint density at radius 2 is 1.71 bits per heavy atom. The number of nitrogens with two attached hydrogens (primary N) is 1. The molecule has 0 aliphatic heterocycles. The van der Waals surface area contributed by atoms with Gasteiger partial charge in [-0.3, -0.25) is 9.59 Å². The van der Waals surface area contributed by atoms with Gasteiger partial charge in [0.15, 0.2) is 0 Å². The number of carbonyl (C=O) groups excluding carboxylic acids is 2. The topological polar surface area (TPSA) is 75.4 Å². The molecule has 116 valence electrons. The van der Waals surface area contributed by atoms with Crippen LogP contribution in [0.25, 0.3) is 0 Å². The predicted molar refractivity (Wildman–Crippen MR) is 85.0 cm³/mol. The molecule has 0 saturated carbocycles. The molecule has 1 aromatic carbocycles. The predicted octanol–water partition coefficient (Wildman–Crippen LogP) is 1.77. The van der Waals surface area contributed by atoms with Gasteiger partial charge in [-0.25, -0.2) is 0 Å². The highest BCUT2D eigenvalue weighted by Gasteiger charge is 2.13. The molecule has 0 radical (unpaired) electrons. The van der Waals surface area contributed by atoms with Crippen molar-refractivity contribution >= 4 is 17.5 Å². The van der Waals surface area contributed by atoms with Crippen LogP contribution >= 0.6 is 0 Å². The van der Waals surface area contributed by atoms with Gasteiger partial charge in [0, 0.05) is 18.8 Å². The second kappa shape index (κ2) is 8.29. The first-order valence-electron chi connectivity index (χ1n) is 7.44. The van der Waals surface area contributed by atoms with Gasteiger partial charge in [-0.1, -0.05) is 19.1 Å². The van der Waals surface area contributed by atoms with Crippen LogP contribution in [-0.4, -0.2) is 35.8 Å². The van der Waals surface area contributed by atoms with Gasteiger partial charge in [-0.05, 0) is 38.0 Å². The Balaban J connectivity index is 2.66. The summed E-state index contributed by atoms with van der Waals surface area (Å²) in [5.41, 5.74) is 7.10. The Morgan fingerprint density at radius 3 is 2.14 bits per heavy atom. The molecule has 0 saturated heterocycles. The molecular formula is C16H25N3O2. The lowest BCUT2D eigenvalue weighted by atomic mass is 10.1. The first-order valence-corrected chi connectivity index (χ1v) is 7.44. The number of nitrogens with zero attached hydrogens (tertiary/aromatic N) is 1. The summed E-state index contributed by atoms with van der Waals surface area (Å²) in [6.07, 6.45) is 1.03. The van der Waals surface area contributed by atoms with Crippen LogP contribution < -0.4 is 11.1 Å². The van der Waals surface area contributed by atoms with E-state index in [1.807, 2.05) is 49.9 Å². The maximum Gasteiger partial charge on any atom is 0.239 e. The lowest BCUT2D eigenvalue weighted by Crippen LogP contribution is -2.34. The summed E-state index contributed by atoms with van der Waals surface area (Å²) in [7, 11) is 0. The minimum Gasteiger partial charge on any atom is -0.374 e. The summed E-state index contributed by atoms with van der Waals surface area (Å²) in [6, 6.07) is 7.18. The number of hydrogen-bond donors (Lipinski definition) is 2. The van der Waals surface area contributed by atoms with E-state index >= 15 is 0 Å². The molecule has 0 fully saturated rings. The van der Waals surface area contributed by atoms with E-state index in [9.17, 15) is 9.59 Å². The number of carbonyl (C=O) groups is 2. The molecule has 0 aliphatic carbocycles. The monoisotopic (exact) mass is 291 g/mol. The Bertz CT molecular complexity index is 467. The summed E-state index contributed by atoms with van der Waals surface area (Å²) in [5, 5.41) is 3.08. The minimum atomic E-state index is -0.367. The van der Waals surface area contributed by atoms with Gasteiger partial charge < -0.3 is 16.0 Å². The third-order valence-electron chi connectivity index (χ3n) is 3.52. The maximum absolute atomic E-state index is 12.0. The summed E-state index contributed by atoms with van der Waals surface area (Å²) >= 11 is 0. The Morgan fingerprint density at radius 1 is 1.14 bits per heavy atom. The highest BCUT2D eigenvalue weighted by atomic mass is 16.2. The lowest BCUT2D eigenvalue weighted by Gasteiger charge is -2.19. The fourth-order valence-electron chi connectivity index (χ4n) is 2.16. The first-order chi connectivity index (χ1) is 10.0. The third kappa shape index (κ3) is 5.10. The number of nitrogens with one attached hydrogen (secondary N) is 1. The average molecular weight is 291 g/mol. The van der Waals surface area contributed by atoms with Crippen molar-refractivity contribution in [3.63, 3.8) is 0 Å². The zero-order valence-corrected chi connectivity index (χ0v) is 13.1. The van der Waals surface area contributed by atoms with Crippen LogP contribution in [0.5, 0.6) is 0 Å². The van der Waals surface area contributed by atoms with E-state index in [1.165, 1.54) is 0 Å². The van der Waals surface area contributed by atoms with E-state index in [1.54, 1.807) is 0 Å². The van der Waals surface area contributed by atoms with E-state index in [0.717, 1.165) is 24.3 Å². The van der Waals surface area contributed by atoms with Crippen molar-refractivity contribution in [2.45, 2.75) is 39.7 Å². The number of anilines is 1. The zero-order valence-electron chi connectivity index (χ0n) is 13.1. The van der Waals surface area contributed by atoms with Crippen molar-refractivity contribution < 1.29 is 9.59 Å². The SMILES string of the molecule is CCC(Nc1ccc(CC(=O)N(CC)CC)cc1)C(N)=O. The van der Waals surface area contributed by atoms with Gasteiger partial charge in [0.25, 0.3) is 0 Å². The molecule has 2 amide bonds. The van der Waals surface area contributed by atoms with Crippen molar-refractivity contribution in [2.24, 2.45) is 5.73 Å². The van der Waals surface area contributed by atoms with E-state index in [4.69, 9.17) is 5.73 Å². The summed E-state index contributed by atoms with van der Waals surface area (Å²) in [4.78, 5) is 25.0. The third-order valence-corrected chi connectivity index (χ3v) is 3.52. The normalized spacial score (nSPS) is 11.8. The molecule has 1 aromatic rings. The maximum atomic E-state index is 12.0. The second-order valence-electron chi connectivity index (χ2n) is 4.95. The van der Waals surface area contributed by atoms with Crippen LogP contribution in [0.3, 0.4) is 0 Å². The van der Waals surface area contributed by atoms with Crippen molar-refractivity contribution in [3.8, 4) is 0 Å². The molecule has 5 nitrogen and oxygen atoms in total. The molecule has 1 unspecified atom stereocenters. The summed E-state index contributed by atoms with van der Waals surface area (Å²) < 4.78 is 0. The zero-order chi connectivity index (χ0) is 15.8. The number of rotatable bonds is 8. The fourth-order valence-corrected chi connectivity index (χ4v) is 2.16. The molecule has 3 N–H and O–H groups in total. The fraction of sp³-hybridized carbons (Fsp3) is 0.500.